The van der Waals surface area contributed by atoms with E-state index in [1.54, 1.807) is 13.8 Å². The highest BCUT2D eigenvalue weighted by Crippen LogP contribution is 2.08. The van der Waals surface area contributed by atoms with Crippen molar-refractivity contribution in [3.63, 3.8) is 0 Å². The topological polar surface area (TPSA) is 17.1 Å². The number of rotatable bonds is 2. The van der Waals surface area contributed by atoms with Crippen molar-refractivity contribution in [1.82, 2.24) is 0 Å². The van der Waals surface area contributed by atoms with Crippen LogP contribution in [-0.4, -0.2) is 5.12 Å². The Morgan fingerprint density at radius 3 is 2.12 bits per heavy atom. The summed E-state index contributed by atoms with van der Waals surface area (Å²) in [6.45, 7) is 7.15. The molecule has 1 atom stereocenters. The molecular weight excluding hydrogens is 120 g/mol. The van der Waals surface area contributed by atoms with Gasteiger partial charge in [0.15, 0.2) is 0 Å². The molecule has 0 aromatic carbocycles. The lowest BCUT2D eigenvalue weighted by atomic mass is 10.1. The summed E-state index contributed by atoms with van der Waals surface area (Å²) in [4.78, 5) is 10.3. The zero-order valence-corrected chi connectivity index (χ0v) is 5.92. The van der Waals surface area contributed by atoms with Crippen LogP contribution >= 0.6 is 12.6 Å². The van der Waals surface area contributed by atoms with E-state index in [0.29, 0.717) is 0 Å². The molecule has 0 aromatic rings. The first-order valence-corrected chi connectivity index (χ1v) is 2.82. The van der Waals surface area contributed by atoms with Crippen LogP contribution in [0.1, 0.15) is 13.8 Å². The van der Waals surface area contributed by atoms with Crippen molar-refractivity contribution in [3.8, 4) is 0 Å². The molecule has 0 aliphatic rings. The second-order valence-corrected chi connectivity index (χ2v) is 2.29. The Bertz CT molecular complexity index is 104. The predicted molar refractivity (Wildman–Crippen MR) is 36.6 cm³/mol. The highest BCUT2D eigenvalue weighted by atomic mass is 32.1. The Kier molecular flexibility index (Phi) is 2.69. The normalized spacial score (nSPS) is 12.8. The molecule has 0 aliphatic carbocycles. The third-order valence-corrected chi connectivity index (χ3v) is 1.45. The summed E-state index contributed by atoms with van der Waals surface area (Å²) < 4.78 is 0. The second kappa shape index (κ2) is 2.82. The van der Waals surface area contributed by atoms with Crippen LogP contribution in [0.5, 0.6) is 0 Å². The van der Waals surface area contributed by atoms with Crippen molar-refractivity contribution < 1.29 is 4.79 Å². The fourth-order valence-electron chi connectivity index (χ4n) is 0.201. The average Bonchev–Trinajstić information content (AvgIpc) is 1.64. The number of carbonyl (C=O) groups excluding carboxylic acids is 1. The van der Waals surface area contributed by atoms with Crippen molar-refractivity contribution >= 4 is 17.7 Å². The maximum absolute atomic E-state index is 10.3. The minimum absolute atomic E-state index is 0.148. The van der Waals surface area contributed by atoms with Gasteiger partial charge in [0.25, 0.3) is 0 Å². The number of allylic oxidation sites excluding steroid dienone is 1. The Labute approximate surface area is 55.2 Å². The maximum atomic E-state index is 10.3. The fraction of sp³-hybridized carbons (Fsp3) is 0.500. The number of hydrogen-bond acceptors (Lipinski definition) is 1. The summed E-state index contributed by atoms with van der Waals surface area (Å²) in [5, 5.41) is -0.225. The smallest absolute Gasteiger partial charge is 0.225 e. The minimum Gasteiger partial charge on any atom is -0.281 e. The Hall–Kier alpha value is -0.370. The second-order valence-electron chi connectivity index (χ2n) is 1.89. The first kappa shape index (κ1) is 7.63. The molecule has 0 aliphatic heterocycles. The first-order chi connectivity index (χ1) is 3.55. The molecular formula is C6H9OS. The molecule has 0 bridgehead atoms. The van der Waals surface area contributed by atoms with Gasteiger partial charge in [0.05, 0.1) is 5.92 Å². The fourth-order valence-corrected chi connectivity index (χ4v) is 0.402. The van der Waals surface area contributed by atoms with Crippen molar-refractivity contribution in [3.05, 3.63) is 12.2 Å². The molecule has 0 rings (SSSR count). The molecule has 1 nitrogen and oxygen atoms in total. The zero-order chi connectivity index (χ0) is 6.73. The molecule has 0 N–H and O–H groups in total. The van der Waals surface area contributed by atoms with E-state index in [4.69, 9.17) is 0 Å². The molecule has 0 fully saturated rings. The average molecular weight is 129 g/mol. The molecule has 0 amide bonds. The summed E-state index contributed by atoms with van der Waals surface area (Å²) >= 11 is 4.38. The summed E-state index contributed by atoms with van der Waals surface area (Å²) in [5.41, 5.74) is 0.838. The van der Waals surface area contributed by atoms with E-state index in [1.165, 1.54) is 0 Å². The molecule has 1 radical (unpaired) electrons. The van der Waals surface area contributed by atoms with Crippen LogP contribution in [0.3, 0.4) is 0 Å². The van der Waals surface area contributed by atoms with Crippen LogP contribution < -0.4 is 0 Å². The molecule has 45 valence electrons. The minimum atomic E-state index is -0.225. The molecule has 0 heterocycles. The molecule has 0 saturated heterocycles. The summed E-state index contributed by atoms with van der Waals surface area (Å²) in [6.07, 6.45) is 0. The van der Waals surface area contributed by atoms with E-state index in [1.807, 2.05) is 0 Å². The summed E-state index contributed by atoms with van der Waals surface area (Å²) in [7, 11) is 0. The summed E-state index contributed by atoms with van der Waals surface area (Å²) in [5.74, 6) is -0.148. The van der Waals surface area contributed by atoms with Crippen LogP contribution in [0.4, 0.5) is 0 Å². The van der Waals surface area contributed by atoms with Crippen molar-refractivity contribution in [1.29, 1.82) is 0 Å². The molecule has 0 aromatic heterocycles. The van der Waals surface area contributed by atoms with Gasteiger partial charge < -0.3 is 0 Å². The molecule has 1 unspecified atom stereocenters. The highest BCUT2D eigenvalue weighted by Gasteiger charge is 2.08. The number of hydrogen-bond donors (Lipinski definition) is 0. The lowest BCUT2D eigenvalue weighted by Gasteiger charge is -2.01. The Morgan fingerprint density at radius 1 is 1.75 bits per heavy atom. The van der Waals surface area contributed by atoms with Gasteiger partial charge in [-0.3, -0.25) is 4.79 Å². The van der Waals surface area contributed by atoms with E-state index in [9.17, 15) is 4.79 Å². The highest BCUT2D eigenvalue weighted by molar-refractivity contribution is 7.96. The zero-order valence-electron chi connectivity index (χ0n) is 5.10. The van der Waals surface area contributed by atoms with Crippen molar-refractivity contribution in [2.24, 2.45) is 5.92 Å². The quantitative estimate of drug-likeness (QED) is 0.520. The van der Waals surface area contributed by atoms with Crippen LogP contribution in [-0.2, 0) is 4.79 Å². The standard InChI is InChI=1S/C6H9OS/c1-4(2)5(3)6(7)8/h5H,1H2,2-3H3. The SMILES string of the molecule is C=C(C)C(C)C(=O)[S]. The lowest BCUT2D eigenvalue weighted by Crippen LogP contribution is -2.03. The van der Waals surface area contributed by atoms with Gasteiger partial charge in [-0.25, -0.2) is 0 Å². The van der Waals surface area contributed by atoms with Gasteiger partial charge in [-0.2, -0.15) is 0 Å². The van der Waals surface area contributed by atoms with Crippen LogP contribution in [0.2, 0.25) is 0 Å². The van der Waals surface area contributed by atoms with Gasteiger partial charge in [0.2, 0.25) is 5.12 Å². The molecule has 2 heteroatoms. The third-order valence-electron chi connectivity index (χ3n) is 1.09. The van der Waals surface area contributed by atoms with E-state index in [0.717, 1.165) is 5.57 Å². The Balaban J connectivity index is 3.83. The third kappa shape index (κ3) is 2.07. The molecule has 8 heavy (non-hydrogen) atoms. The first-order valence-electron chi connectivity index (χ1n) is 2.42. The monoisotopic (exact) mass is 129 g/mol. The predicted octanol–water partition coefficient (Wildman–Crippen LogP) is 1.92. The van der Waals surface area contributed by atoms with E-state index < -0.39 is 0 Å². The van der Waals surface area contributed by atoms with E-state index in [2.05, 4.69) is 19.2 Å². The van der Waals surface area contributed by atoms with Crippen molar-refractivity contribution in [2.75, 3.05) is 0 Å². The van der Waals surface area contributed by atoms with Gasteiger partial charge in [-0.1, -0.05) is 19.1 Å². The lowest BCUT2D eigenvalue weighted by molar-refractivity contribution is -0.112. The van der Waals surface area contributed by atoms with E-state index in [-0.39, 0.29) is 11.0 Å². The van der Waals surface area contributed by atoms with Gasteiger partial charge in [-0.15, -0.1) is 0 Å². The van der Waals surface area contributed by atoms with Crippen molar-refractivity contribution in [2.45, 2.75) is 13.8 Å². The van der Waals surface area contributed by atoms with Gasteiger partial charge in [0, 0.05) is 0 Å². The van der Waals surface area contributed by atoms with Gasteiger partial charge in [-0.05, 0) is 19.6 Å². The maximum Gasteiger partial charge on any atom is 0.225 e. The van der Waals surface area contributed by atoms with Crippen LogP contribution in [0, 0.1) is 5.92 Å². The van der Waals surface area contributed by atoms with E-state index >= 15 is 0 Å². The van der Waals surface area contributed by atoms with Gasteiger partial charge in [0.1, 0.15) is 0 Å². The van der Waals surface area contributed by atoms with Gasteiger partial charge >= 0.3 is 0 Å². The van der Waals surface area contributed by atoms with Crippen LogP contribution in [0.25, 0.3) is 0 Å². The summed E-state index contributed by atoms with van der Waals surface area (Å²) in [6, 6.07) is 0. The molecule has 0 saturated carbocycles. The molecule has 0 spiro atoms. The largest absolute Gasteiger partial charge is 0.281 e. The number of carbonyl (C=O) groups is 1. The Morgan fingerprint density at radius 2 is 2.12 bits per heavy atom. The van der Waals surface area contributed by atoms with Crippen LogP contribution in [0.15, 0.2) is 12.2 Å².